The number of aliphatic hydroxyl groups excluding tert-OH is 3. The van der Waals surface area contributed by atoms with Gasteiger partial charge in [-0.1, -0.05) is 0 Å². The number of hydrogen-bond acceptors (Lipinski definition) is 6. The molecule has 0 aliphatic rings. The zero-order valence-electron chi connectivity index (χ0n) is 10.7. The third-order valence-corrected chi connectivity index (χ3v) is 4.89. The van der Waals surface area contributed by atoms with Gasteiger partial charge in [-0.05, 0) is 34.1 Å². The summed E-state index contributed by atoms with van der Waals surface area (Å²) in [6, 6.07) is 4.08. The minimum atomic E-state index is -4.02. The zero-order valence-corrected chi connectivity index (χ0v) is 13.1. The Balaban J connectivity index is 3.14. The van der Waals surface area contributed by atoms with Gasteiger partial charge in [-0.2, -0.15) is 4.72 Å². The van der Waals surface area contributed by atoms with Crippen LogP contribution >= 0.6 is 15.9 Å². The van der Waals surface area contributed by atoms with Crippen LogP contribution in [0, 0.1) is 0 Å². The lowest BCUT2D eigenvalue weighted by Gasteiger charge is -2.28. The summed E-state index contributed by atoms with van der Waals surface area (Å²) in [5, 5.41) is 27.4. The number of nitrogens with one attached hydrogen (secondary N) is 1. The van der Waals surface area contributed by atoms with Gasteiger partial charge in [0.15, 0.2) is 0 Å². The molecular weight excluding hydrogens is 354 g/mol. The van der Waals surface area contributed by atoms with E-state index in [-0.39, 0.29) is 4.90 Å². The maximum absolute atomic E-state index is 12.2. The number of benzene rings is 1. The lowest BCUT2D eigenvalue weighted by molar-refractivity contribution is 0.0582. The van der Waals surface area contributed by atoms with Crippen LogP contribution in [0.3, 0.4) is 0 Å². The van der Waals surface area contributed by atoms with Gasteiger partial charge in [0, 0.05) is 0 Å². The van der Waals surface area contributed by atoms with Crippen molar-refractivity contribution in [1.29, 1.82) is 0 Å². The molecule has 0 fully saturated rings. The van der Waals surface area contributed by atoms with Crippen molar-refractivity contribution in [2.24, 2.45) is 0 Å². The summed E-state index contributed by atoms with van der Waals surface area (Å²) in [7, 11) is -2.57. The van der Waals surface area contributed by atoms with Crippen molar-refractivity contribution < 1.29 is 28.5 Å². The number of hydrogen-bond donors (Lipinski definition) is 4. The second-order valence-electron chi connectivity index (χ2n) is 4.16. The standard InChI is InChI=1S/C11H16BrNO6S/c1-19-10-3-2-8(4-9(10)12)20(17,18)13-11(5-14,6-15)7-16/h2-4,13-16H,5-7H2,1H3. The maximum atomic E-state index is 12.2. The predicted octanol–water partition coefficient (Wildman–Crippen LogP) is -0.548. The number of methoxy groups -OCH3 is 1. The minimum absolute atomic E-state index is 0.0927. The first-order chi connectivity index (χ1) is 9.34. The van der Waals surface area contributed by atoms with Gasteiger partial charge in [0.25, 0.3) is 0 Å². The number of sulfonamides is 1. The first-order valence-corrected chi connectivity index (χ1v) is 7.82. The Bertz CT molecular complexity index is 550. The van der Waals surface area contributed by atoms with Crippen LogP contribution in [-0.2, 0) is 10.0 Å². The molecule has 1 rings (SSSR count). The Morgan fingerprint density at radius 3 is 2.20 bits per heavy atom. The molecule has 1 aromatic carbocycles. The van der Waals surface area contributed by atoms with Gasteiger partial charge >= 0.3 is 0 Å². The molecule has 1 aromatic rings. The Kier molecular flexibility index (Phi) is 5.92. The van der Waals surface area contributed by atoms with Crippen molar-refractivity contribution in [2.45, 2.75) is 10.4 Å². The lowest BCUT2D eigenvalue weighted by atomic mass is 10.1. The van der Waals surface area contributed by atoms with Crippen LogP contribution in [-0.4, -0.2) is 56.2 Å². The number of halogens is 1. The van der Waals surface area contributed by atoms with Crippen molar-refractivity contribution in [3.63, 3.8) is 0 Å². The quantitative estimate of drug-likeness (QED) is 0.512. The zero-order chi connectivity index (χ0) is 15.4. The SMILES string of the molecule is COc1ccc(S(=O)(=O)NC(CO)(CO)CO)cc1Br. The summed E-state index contributed by atoms with van der Waals surface area (Å²) < 4.78 is 31.9. The Labute approximate surface area is 125 Å². The normalized spacial score (nSPS) is 12.4. The summed E-state index contributed by atoms with van der Waals surface area (Å²) in [4.78, 5) is -0.0927. The summed E-state index contributed by atoms with van der Waals surface area (Å²) in [5.41, 5.74) is -1.72. The van der Waals surface area contributed by atoms with E-state index in [0.717, 1.165) is 0 Å². The van der Waals surface area contributed by atoms with Crippen LogP contribution in [0.4, 0.5) is 0 Å². The summed E-state index contributed by atoms with van der Waals surface area (Å²) >= 11 is 3.17. The van der Waals surface area contributed by atoms with Gasteiger partial charge in [-0.3, -0.25) is 0 Å². The van der Waals surface area contributed by atoms with Gasteiger partial charge in [-0.15, -0.1) is 0 Å². The number of rotatable bonds is 7. The van der Waals surface area contributed by atoms with E-state index in [9.17, 15) is 8.42 Å². The fourth-order valence-electron chi connectivity index (χ4n) is 1.41. The molecule has 0 amide bonds. The van der Waals surface area contributed by atoms with Gasteiger partial charge in [0.1, 0.15) is 11.3 Å². The van der Waals surface area contributed by atoms with Crippen molar-refractivity contribution in [2.75, 3.05) is 26.9 Å². The molecule has 9 heteroatoms. The van der Waals surface area contributed by atoms with E-state index < -0.39 is 35.4 Å². The molecule has 20 heavy (non-hydrogen) atoms. The molecule has 4 N–H and O–H groups in total. The number of ether oxygens (including phenoxy) is 1. The number of aliphatic hydroxyl groups is 3. The van der Waals surface area contributed by atoms with E-state index in [0.29, 0.717) is 10.2 Å². The highest BCUT2D eigenvalue weighted by Crippen LogP contribution is 2.27. The molecule has 0 heterocycles. The van der Waals surface area contributed by atoms with E-state index in [1.807, 2.05) is 0 Å². The third-order valence-electron chi connectivity index (χ3n) is 2.69. The highest BCUT2D eigenvalue weighted by Gasteiger charge is 2.34. The van der Waals surface area contributed by atoms with Crippen LogP contribution in [0.2, 0.25) is 0 Å². The summed E-state index contributed by atoms with van der Waals surface area (Å²) in [6.45, 7) is -2.22. The molecule has 0 aliphatic carbocycles. The van der Waals surface area contributed by atoms with E-state index in [2.05, 4.69) is 20.7 Å². The highest BCUT2D eigenvalue weighted by molar-refractivity contribution is 9.10. The van der Waals surface area contributed by atoms with Gasteiger partial charge in [0.05, 0.1) is 36.3 Å². The highest BCUT2D eigenvalue weighted by atomic mass is 79.9. The maximum Gasteiger partial charge on any atom is 0.241 e. The van der Waals surface area contributed by atoms with Gasteiger partial charge in [0.2, 0.25) is 10.0 Å². The second-order valence-corrected chi connectivity index (χ2v) is 6.69. The predicted molar refractivity (Wildman–Crippen MR) is 75.0 cm³/mol. The fourth-order valence-corrected chi connectivity index (χ4v) is 3.50. The van der Waals surface area contributed by atoms with Crippen molar-refractivity contribution in [3.8, 4) is 5.75 Å². The monoisotopic (exact) mass is 369 g/mol. The van der Waals surface area contributed by atoms with Crippen LogP contribution in [0.1, 0.15) is 0 Å². The molecule has 114 valence electrons. The average Bonchev–Trinajstić information content (AvgIpc) is 2.44. The van der Waals surface area contributed by atoms with Crippen molar-refractivity contribution in [3.05, 3.63) is 22.7 Å². The van der Waals surface area contributed by atoms with Crippen LogP contribution in [0.5, 0.6) is 5.75 Å². The molecule has 0 saturated heterocycles. The van der Waals surface area contributed by atoms with Crippen LogP contribution < -0.4 is 9.46 Å². The van der Waals surface area contributed by atoms with E-state index in [1.54, 1.807) is 0 Å². The third kappa shape index (κ3) is 3.68. The van der Waals surface area contributed by atoms with Gasteiger partial charge in [-0.25, -0.2) is 8.42 Å². The molecule has 0 radical (unpaired) electrons. The first kappa shape index (κ1) is 17.3. The second kappa shape index (κ2) is 6.83. The van der Waals surface area contributed by atoms with Crippen LogP contribution in [0.15, 0.2) is 27.6 Å². The lowest BCUT2D eigenvalue weighted by Crippen LogP contribution is -2.56. The largest absolute Gasteiger partial charge is 0.496 e. The summed E-state index contributed by atoms with van der Waals surface area (Å²) in [5.74, 6) is 0.460. The molecular formula is C11H16BrNO6S. The average molecular weight is 370 g/mol. The smallest absolute Gasteiger partial charge is 0.241 e. The van der Waals surface area contributed by atoms with E-state index in [1.165, 1.54) is 25.3 Å². The Hall–Kier alpha value is -0.710. The molecule has 0 unspecified atom stereocenters. The molecule has 0 saturated carbocycles. The molecule has 0 aliphatic heterocycles. The first-order valence-electron chi connectivity index (χ1n) is 5.54. The summed E-state index contributed by atoms with van der Waals surface area (Å²) in [6.07, 6.45) is 0. The Morgan fingerprint density at radius 2 is 1.80 bits per heavy atom. The molecule has 0 bridgehead atoms. The fraction of sp³-hybridized carbons (Fsp3) is 0.455. The molecule has 0 aromatic heterocycles. The van der Waals surface area contributed by atoms with E-state index >= 15 is 0 Å². The van der Waals surface area contributed by atoms with Gasteiger partial charge < -0.3 is 20.1 Å². The minimum Gasteiger partial charge on any atom is -0.496 e. The molecule has 0 atom stereocenters. The van der Waals surface area contributed by atoms with Crippen molar-refractivity contribution >= 4 is 26.0 Å². The van der Waals surface area contributed by atoms with Crippen molar-refractivity contribution in [1.82, 2.24) is 4.72 Å². The molecule has 0 spiro atoms. The Morgan fingerprint density at radius 1 is 1.25 bits per heavy atom. The van der Waals surface area contributed by atoms with Crippen LogP contribution in [0.25, 0.3) is 0 Å². The van der Waals surface area contributed by atoms with E-state index in [4.69, 9.17) is 20.1 Å². The topological polar surface area (TPSA) is 116 Å². The molecule has 7 nitrogen and oxygen atoms in total.